The van der Waals surface area contributed by atoms with Gasteiger partial charge in [-0.1, -0.05) is 27.5 Å². The Morgan fingerprint density at radius 1 is 1.33 bits per heavy atom. The van der Waals surface area contributed by atoms with E-state index in [2.05, 4.69) is 59.7 Å². The molecule has 0 bridgehead atoms. The molecule has 0 spiro atoms. The topological polar surface area (TPSA) is 6.48 Å². The van der Waals surface area contributed by atoms with E-state index in [4.69, 9.17) is 11.6 Å². The Balaban J connectivity index is 3.00. The fraction of sp³-hybridized carbons (Fsp3) is 0.571. The van der Waals surface area contributed by atoms with Gasteiger partial charge in [-0.2, -0.15) is 0 Å². The summed E-state index contributed by atoms with van der Waals surface area (Å²) in [5.74, 6) is 0. The van der Waals surface area contributed by atoms with Crippen molar-refractivity contribution >= 4 is 33.2 Å². The third-order valence-electron chi connectivity index (χ3n) is 3.00. The van der Waals surface area contributed by atoms with Crippen molar-refractivity contribution in [2.75, 3.05) is 32.1 Å². The second kappa shape index (κ2) is 7.37. The average molecular weight is 334 g/mol. The van der Waals surface area contributed by atoms with Crippen LogP contribution in [-0.2, 0) is 5.33 Å². The Kier molecular flexibility index (Phi) is 6.47. The molecule has 0 aliphatic carbocycles. The highest BCUT2D eigenvalue weighted by molar-refractivity contribution is 9.08. The fourth-order valence-corrected chi connectivity index (χ4v) is 2.93. The molecule has 0 saturated heterocycles. The molecule has 1 unspecified atom stereocenters. The Hall–Kier alpha value is -0.250. The number of hydrogen-bond acceptors (Lipinski definition) is 2. The van der Waals surface area contributed by atoms with Crippen LogP contribution in [0.4, 0.5) is 5.69 Å². The van der Waals surface area contributed by atoms with Crippen LogP contribution < -0.4 is 4.90 Å². The van der Waals surface area contributed by atoms with Crippen LogP contribution in [0.3, 0.4) is 0 Å². The zero-order valence-electron chi connectivity index (χ0n) is 11.6. The van der Waals surface area contributed by atoms with Crippen molar-refractivity contribution in [3.8, 4) is 0 Å². The van der Waals surface area contributed by atoms with Crippen LogP contribution in [0.25, 0.3) is 0 Å². The molecule has 0 aromatic heterocycles. The third-order valence-corrected chi connectivity index (χ3v) is 3.84. The standard InChI is InChI=1S/C14H22BrClN2/c1-5-18(11(2)10-17(3)4)14-7-6-13(16)8-12(14)9-15/h6-8,11H,5,9-10H2,1-4H3. The summed E-state index contributed by atoms with van der Waals surface area (Å²) >= 11 is 9.60. The fourth-order valence-electron chi connectivity index (χ4n) is 2.29. The van der Waals surface area contributed by atoms with Gasteiger partial charge < -0.3 is 9.80 Å². The Bertz CT molecular complexity index is 382. The lowest BCUT2D eigenvalue weighted by Gasteiger charge is -2.33. The van der Waals surface area contributed by atoms with Crippen molar-refractivity contribution in [2.24, 2.45) is 0 Å². The summed E-state index contributed by atoms with van der Waals surface area (Å²) in [6.07, 6.45) is 0. The van der Waals surface area contributed by atoms with E-state index in [1.807, 2.05) is 12.1 Å². The molecule has 1 atom stereocenters. The summed E-state index contributed by atoms with van der Waals surface area (Å²) < 4.78 is 0. The minimum Gasteiger partial charge on any atom is -0.368 e. The number of likely N-dealkylation sites (N-methyl/N-ethyl adjacent to an activating group) is 2. The summed E-state index contributed by atoms with van der Waals surface area (Å²) in [7, 11) is 4.22. The minimum absolute atomic E-state index is 0.476. The normalized spacial score (nSPS) is 12.8. The number of benzene rings is 1. The molecule has 0 amide bonds. The Labute approximate surface area is 124 Å². The lowest BCUT2D eigenvalue weighted by molar-refractivity contribution is 0.373. The number of hydrogen-bond donors (Lipinski definition) is 0. The van der Waals surface area contributed by atoms with Crippen molar-refractivity contribution in [3.63, 3.8) is 0 Å². The van der Waals surface area contributed by atoms with Crippen molar-refractivity contribution in [3.05, 3.63) is 28.8 Å². The van der Waals surface area contributed by atoms with Crippen molar-refractivity contribution in [2.45, 2.75) is 25.2 Å². The maximum absolute atomic E-state index is 6.06. The highest BCUT2D eigenvalue weighted by Crippen LogP contribution is 2.27. The zero-order chi connectivity index (χ0) is 13.7. The van der Waals surface area contributed by atoms with Gasteiger partial charge in [0.2, 0.25) is 0 Å². The summed E-state index contributed by atoms with van der Waals surface area (Å²) in [6, 6.07) is 6.60. The number of nitrogens with zero attached hydrogens (tertiary/aromatic N) is 2. The first-order valence-corrected chi connectivity index (χ1v) is 7.75. The minimum atomic E-state index is 0.476. The molecule has 0 heterocycles. The third kappa shape index (κ3) is 4.15. The summed E-state index contributed by atoms with van der Waals surface area (Å²) in [5, 5.41) is 1.62. The largest absolute Gasteiger partial charge is 0.368 e. The van der Waals surface area contributed by atoms with Gasteiger partial charge in [0.05, 0.1) is 0 Å². The highest BCUT2D eigenvalue weighted by Gasteiger charge is 2.16. The Morgan fingerprint density at radius 3 is 2.50 bits per heavy atom. The van der Waals surface area contributed by atoms with E-state index in [1.54, 1.807) is 0 Å². The van der Waals surface area contributed by atoms with E-state index < -0.39 is 0 Å². The lowest BCUT2D eigenvalue weighted by Crippen LogP contribution is -2.40. The van der Waals surface area contributed by atoms with Crippen LogP contribution in [-0.4, -0.2) is 38.1 Å². The first-order chi connectivity index (χ1) is 8.49. The zero-order valence-corrected chi connectivity index (χ0v) is 13.9. The second-order valence-corrected chi connectivity index (χ2v) is 5.80. The van der Waals surface area contributed by atoms with Crippen molar-refractivity contribution in [1.29, 1.82) is 0 Å². The highest BCUT2D eigenvalue weighted by atomic mass is 79.9. The Morgan fingerprint density at radius 2 is 2.00 bits per heavy atom. The molecule has 0 saturated carbocycles. The number of alkyl halides is 1. The molecule has 18 heavy (non-hydrogen) atoms. The van der Waals surface area contributed by atoms with Crippen LogP contribution >= 0.6 is 27.5 Å². The van der Waals surface area contributed by atoms with Gasteiger partial charge in [0.25, 0.3) is 0 Å². The predicted molar refractivity (Wildman–Crippen MR) is 85.1 cm³/mol. The van der Waals surface area contributed by atoms with E-state index in [0.29, 0.717) is 6.04 Å². The van der Waals surface area contributed by atoms with Crippen molar-refractivity contribution in [1.82, 2.24) is 4.90 Å². The maximum atomic E-state index is 6.06. The van der Waals surface area contributed by atoms with Gasteiger partial charge in [-0.3, -0.25) is 0 Å². The monoisotopic (exact) mass is 332 g/mol. The summed E-state index contributed by atoms with van der Waals surface area (Å²) in [5.41, 5.74) is 2.52. The molecular weight excluding hydrogens is 312 g/mol. The summed E-state index contributed by atoms with van der Waals surface area (Å²) in [6.45, 7) is 6.49. The quantitative estimate of drug-likeness (QED) is 0.726. The number of rotatable bonds is 6. The van der Waals surface area contributed by atoms with Gasteiger partial charge in [0.15, 0.2) is 0 Å². The molecule has 0 N–H and O–H groups in total. The van der Waals surface area contributed by atoms with E-state index >= 15 is 0 Å². The van der Waals surface area contributed by atoms with E-state index in [1.165, 1.54) is 11.3 Å². The van der Waals surface area contributed by atoms with Crippen LogP contribution in [0.2, 0.25) is 5.02 Å². The molecule has 1 rings (SSSR count). The molecule has 2 nitrogen and oxygen atoms in total. The van der Waals surface area contributed by atoms with Gasteiger partial charge in [-0.15, -0.1) is 0 Å². The summed E-state index contributed by atoms with van der Waals surface area (Å²) in [4.78, 5) is 4.64. The molecule has 4 heteroatoms. The maximum Gasteiger partial charge on any atom is 0.0411 e. The van der Waals surface area contributed by atoms with Crippen LogP contribution in [0.1, 0.15) is 19.4 Å². The number of halogens is 2. The van der Waals surface area contributed by atoms with Gasteiger partial charge in [0.1, 0.15) is 0 Å². The van der Waals surface area contributed by atoms with Crippen molar-refractivity contribution < 1.29 is 0 Å². The molecule has 1 aromatic rings. The molecule has 0 aliphatic heterocycles. The average Bonchev–Trinajstić information content (AvgIpc) is 2.30. The molecular formula is C14H22BrClN2. The molecule has 1 aromatic carbocycles. The number of anilines is 1. The first kappa shape index (κ1) is 15.8. The molecule has 0 fully saturated rings. The van der Waals surface area contributed by atoms with Gasteiger partial charge in [-0.25, -0.2) is 0 Å². The smallest absolute Gasteiger partial charge is 0.0411 e. The van der Waals surface area contributed by atoms with Crippen LogP contribution in [0.5, 0.6) is 0 Å². The second-order valence-electron chi connectivity index (χ2n) is 4.80. The molecule has 102 valence electrons. The molecule has 0 radical (unpaired) electrons. The van der Waals surface area contributed by atoms with Gasteiger partial charge in [0, 0.05) is 35.2 Å². The molecule has 0 aliphatic rings. The van der Waals surface area contributed by atoms with E-state index in [-0.39, 0.29) is 0 Å². The lowest BCUT2D eigenvalue weighted by atomic mass is 10.1. The predicted octanol–water partition coefficient (Wildman–Crippen LogP) is 4.01. The SMILES string of the molecule is CCN(c1ccc(Cl)cc1CBr)C(C)CN(C)C. The van der Waals surface area contributed by atoms with Gasteiger partial charge in [-0.05, 0) is 51.7 Å². The van der Waals surface area contributed by atoms with E-state index in [9.17, 15) is 0 Å². The van der Waals surface area contributed by atoms with Crippen LogP contribution in [0, 0.1) is 0 Å². The van der Waals surface area contributed by atoms with Crippen LogP contribution in [0.15, 0.2) is 18.2 Å². The van der Waals surface area contributed by atoms with E-state index in [0.717, 1.165) is 23.4 Å². The first-order valence-electron chi connectivity index (χ1n) is 6.25. The van der Waals surface area contributed by atoms with Gasteiger partial charge >= 0.3 is 0 Å².